The van der Waals surface area contributed by atoms with E-state index in [1.54, 1.807) is 7.11 Å². The third-order valence-corrected chi connectivity index (χ3v) is 5.28. The van der Waals surface area contributed by atoms with Crippen LogP contribution in [0.15, 0.2) is 52.1 Å². The number of carbonyl (C=O) groups is 1. The van der Waals surface area contributed by atoms with Gasteiger partial charge in [-0.2, -0.15) is 0 Å². The molecule has 0 aliphatic heterocycles. The summed E-state index contributed by atoms with van der Waals surface area (Å²) in [5, 5.41) is 2.01. The highest BCUT2D eigenvalue weighted by atomic mass is 16.5. The summed E-state index contributed by atoms with van der Waals surface area (Å²) in [5.74, 6) is -0.150. The van der Waals surface area contributed by atoms with Crippen LogP contribution in [0.1, 0.15) is 25.8 Å². The van der Waals surface area contributed by atoms with Crippen molar-refractivity contribution < 1.29 is 9.53 Å². The van der Waals surface area contributed by atoms with E-state index >= 15 is 0 Å². The number of aromatic amines is 1. The van der Waals surface area contributed by atoms with Gasteiger partial charge in [-0.15, -0.1) is 0 Å². The van der Waals surface area contributed by atoms with Gasteiger partial charge in [-0.1, -0.05) is 56.3 Å². The lowest BCUT2D eigenvalue weighted by Crippen LogP contribution is -2.42. The van der Waals surface area contributed by atoms with E-state index in [-0.39, 0.29) is 36.3 Å². The first-order valence-electron chi connectivity index (χ1n) is 10.7. The molecule has 0 atom stereocenters. The van der Waals surface area contributed by atoms with E-state index < -0.39 is 11.2 Å². The number of benzene rings is 2. The van der Waals surface area contributed by atoms with Gasteiger partial charge in [-0.05, 0) is 28.7 Å². The van der Waals surface area contributed by atoms with Crippen LogP contribution in [0, 0.1) is 5.92 Å². The first kappa shape index (κ1) is 23.3. The van der Waals surface area contributed by atoms with Crippen LogP contribution in [0.3, 0.4) is 0 Å². The number of nitrogens with two attached hydrogens (primary N) is 1. The molecule has 0 fully saturated rings. The highest BCUT2D eigenvalue weighted by Gasteiger charge is 2.24. The van der Waals surface area contributed by atoms with Crippen LogP contribution in [0.2, 0.25) is 0 Å². The molecule has 0 aliphatic carbocycles. The lowest BCUT2D eigenvalue weighted by Gasteiger charge is -2.25. The van der Waals surface area contributed by atoms with Gasteiger partial charge >= 0.3 is 5.69 Å². The second-order valence-electron chi connectivity index (χ2n) is 8.20. The number of anilines is 2. The summed E-state index contributed by atoms with van der Waals surface area (Å²) in [6, 6.07) is 13.6. The van der Waals surface area contributed by atoms with E-state index in [0.29, 0.717) is 19.6 Å². The standard InChI is InChI=1S/C24H30N4O4/c1-16(2)15-28-22(25)21(23(30)26-24(28)31)27(12-7-13-32-3)20(29)14-18-10-6-9-17-8-4-5-11-19(17)18/h4-6,8-11,16H,7,12-15,25H2,1-3H3,(H,26,30,31). The number of amides is 1. The van der Waals surface area contributed by atoms with Crippen LogP contribution < -0.4 is 21.9 Å². The number of ether oxygens (including phenoxy) is 1. The predicted molar refractivity (Wildman–Crippen MR) is 127 cm³/mol. The Morgan fingerprint density at radius 1 is 1.16 bits per heavy atom. The molecule has 0 radical (unpaired) electrons. The summed E-state index contributed by atoms with van der Waals surface area (Å²) < 4.78 is 6.44. The quantitative estimate of drug-likeness (QED) is 0.499. The van der Waals surface area contributed by atoms with Crippen LogP contribution in [0.4, 0.5) is 11.5 Å². The van der Waals surface area contributed by atoms with Crippen molar-refractivity contribution in [3.8, 4) is 0 Å². The van der Waals surface area contributed by atoms with E-state index in [4.69, 9.17) is 10.5 Å². The van der Waals surface area contributed by atoms with Crippen molar-refractivity contribution in [2.24, 2.45) is 5.92 Å². The number of hydrogen-bond donors (Lipinski definition) is 2. The molecule has 0 saturated carbocycles. The van der Waals surface area contributed by atoms with Crippen molar-refractivity contribution in [3.63, 3.8) is 0 Å². The van der Waals surface area contributed by atoms with Crippen LogP contribution in [0.25, 0.3) is 10.8 Å². The van der Waals surface area contributed by atoms with Crippen molar-refractivity contribution in [2.45, 2.75) is 33.2 Å². The van der Waals surface area contributed by atoms with E-state index in [0.717, 1.165) is 16.3 Å². The van der Waals surface area contributed by atoms with Crippen LogP contribution in [-0.4, -0.2) is 35.7 Å². The van der Waals surface area contributed by atoms with Crippen molar-refractivity contribution in [2.75, 3.05) is 30.9 Å². The summed E-state index contributed by atoms with van der Waals surface area (Å²) in [6.07, 6.45) is 0.608. The van der Waals surface area contributed by atoms with Gasteiger partial charge in [-0.3, -0.25) is 19.1 Å². The SMILES string of the molecule is COCCCN(C(=O)Cc1cccc2ccccc12)c1c(N)n(CC(C)C)c(=O)[nH]c1=O. The number of nitrogen functional groups attached to an aromatic ring is 1. The number of nitrogens with one attached hydrogen (secondary N) is 1. The minimum absolute atomic E-state index is 0.00358. The van der Waals surface area contributed by atoms with Gasteiger partial charge in [0.25, 0.3) is 5.56 Å². The third kappa shape index (κ3) is 5.08. The molecule has 170 valence electrons. The van der Waals surface area contributed by atoms with Crippen molar-refractivity contribution >= 4 is 28.2 Å². The maximum absolute atomic E-state index is 13.5. The van der Waals surface area contributed by atoms with Gasteiger partial charge in [0.1, 0.15) is 5.82 Å². The minimum atomic E-state index is -0.670. The van der Waals surface area contributed by atoms with Crippen LogP contribution in [0.5, 0.6) is 0 Å². The fraction of sp³-hybridized carbons (Fsp3) is 0.375. The van der Waals surface area contributed by atoms with E-state index in [9.17, 15) is 14.4 Å². The minimum Gasteiger partial charge on any atom is -0.385 e. The Morgan fingerprint density at radius 2 is 1.88 bits per heavy atom. The summed E-state index contributed by atoms with van der Waals surface area (Å²) in [5.41, 5.74) is 5.89. The first-order chi connectivity index (χ1) is 15.3. The molecular weight excluding hydrogens is 408 g/mol. The Bertz CT molecular complexity index is 1210. The fourth-order valence-corrected chi connectivity index (χ4v) is 3.82. The van der Waals surface area contributed by atoms with Gasteiger partial charge < -0.3 is 15.4 Å². The predicted octanol–water partition coefficient (Wildman–Crippen LogP) is 2.54. The zero-order valence-electron chi connectivity index (χ0n) is 18.8. The number of fused-ring (bicyclic) bond motifs is 1. The molecule has 0 spiro atoms. The van der Waals surface area contributed by atoms with Gasteiger partial charge in [0.05, 0.1) is 6.42 Å². The maximum atomic E-state index is 13.5. The topological polar surface area (TPSA) is 110 Å². The van der Waals surface area contributed by atoms with Crippen LogP contribution in [-0.2, 0) is 22.5 Å². The van der Waals surface area contributed by atoms with E-state index in [1.165, 1.54) is 9.47 Å². The zero-order valence-corrected chi connectivity index (χ0v) is 18.8. The average molecular weight is 439 g/mol. The molecule has 8 heteroatoms. The van der Waals surface area contributed by atoms with Gasteiger partial charge in [0.2, 0.25) is 5.91 Å². The fourth-order valence-electron chi connectivity index (χ4n) is 3.82. The van der Waals surface area contributed by atoms with Gasteiger partial charge in [-0.25, -0.2) is 4.79 Å². The number of rotatable bonds is 9. The molecule has 1 heterocycles. The normalized spacial score (nSPS) is 11.2. The summed E-state index contributed by atoms with van der Waals surface area (Å²) >= 11 is 0. The molecule has 3 rings (SSSR count). The van der Waals surface area contributed by atoms with Crippen molar-refractivity contribution in [1.29, 1.82) is 0 Å². The largest absolute Gasteiger partial charge is 0.385 e. The lowest BCUT2D eigenvalue weighted by molar-refractivity contribution is -0.118. The summed E-state index contributed by atoms with van der Waals surface area (Å²) in [7, 11) is 1.58. The second kappa shape index (κ2) is 10.3. The Labute approximate surface area is 186 Å². The lowest BCUT2D eigenvalue weighted by atomic mass is 10.0. The molecule has 0 aliphatic rings. The maximum Gasteiger partial charge on any atom is 0.330 e. The number of nitrogens with zero attached hydrogens (tertiary/aromatic N) is 2. The van der Waals surface area contributed by atoms with E-state index in [1.807, 2.05) is 56.3 Å². The van der Waals surface area contributed by atoms with Gasteiger partial charge in [0, 0.05) is 26.8 Å². The highest BCUT2D eigenvalue weighted by Crippen LogP contribution is 2.23. The molecule has 8 nitrogen and oxygen atoms in total. The summed E-state index contributed by atoms with van der Waals surface area (Å²) in [4.78, 5) is 42.3. The molecule has 32 heavy (non-hydrogen) atoms. The number of aromatic nitrogens is 2. The molecule has 1 amide bonds. The van der Waals surface area contributed by atoms with Crippen LogP contribution >= 0.6 is 0 Å². The number of hydrogen-bond acceptors (Lipinski definition) is 5. The first-order valence-corrected chi connectivity index (χ1v) is 10.7. The molecule has 0 bridgehead atoms. The monoisotopic (exact) mass is 438 g/mol. The number of methoxy groups -OCH3 is 1. The highest BCUT2D eigenvalue weighted by molar-refractivity contribution is 5.99. The van der Waals surface area contributed by atoms with Gasteiger partial charge in [0.15, 0.2) is 5.69 Å². The molecule has 3 aromatic rings. The molecule has 3 N–H and O–H groups in total. The molecule has 2 aromatic carbocycles. The zero-order chi connectivity index (χ0) is 23.3. The Balaban J connectivity index is 2.04. The molecule has 0 unspecified atom stereocenters. The molecule has 0 saturated heterocycles. The average Bonchev–Trinajstić information content (AvgIpc) is 2.75. The smallest absolute Gasteiger partial charge is 0.330 e. The molecular formula is C24H30N4O4. The number of carbonyl (C=O) groups excluding carboxylic acids is 1. The van der Waals surface area contributed by atoms with Crippen molar-refractivity contribution in [3.05, 3.63) is 68.9 Å². The second-order valence-corrected chi connectivity index (χ2v) is 8.20. The van der Waals surface area contributed by atoms with Crippen molar-refractivity contribution in [1.82, 2.24) is 9.55 Å². The Kier molecular flexibility index (Phi) is 7.48. The summed E-state index contributed by atoms with van der Waals surface area (Å²) in [6.45, 7) is 4.88. The molecule has 1 aromatic heterocycles. The van der Waals surface area contributed by atoms with E-state index in [2.05, 4.69) is 4.98 Å². The third-order valence-electron chi connectivity index (χ3n) is 5.28. The number of H-pyrrole nitrogens is 1. The Hall–Kier alpha value is -3.39. The Morgan fingerprint density at radius 3 is 2.59 bits per heavy atom.